The zero-order valence-electron chi connectivity index (χ0n) is 13.7. The Bertz CT molecular complexity index is 779. The fraction of sp³-hybridized carbons (Fsp3) is 0.278. The van der Waals surface area contributed by atoms with E-state index in [0.29, 0.717) is 24.5 Å². The summed E-state index contributed by atoms with van der Waals surface area (Å²) in [5.41, 5.74) is 0.748. The zero-order valence-corrected chi connectivity index (χ0v) is 13.7. The van der Waals surface area contributed by atoms with Crippen molar-refractivity contribution < 1.29 is 28.6 Å². The number of nitrogens with one attached hydrogen (secondary N) is 1. The van der Waals surface area contributed by atoms with Crippen LogP contribution >= 0.6 is 0 Å². The first-order chi connectivity index (χ1) is 12.5. The summed E-state index contributed by atoms with van der Waals surface area (Å²) in [5.74, 6) is -0.944. The number of rotatable bonds is 6. The first-order valence-corrected chi connectivity index (χ1v) is 8.05. The molecule has 136 valence electrons. The summed E-state index contributed by atoms with van der Waals surface area (Å²) in [6, 6.07) is 8.95. The summed E-state index contributed by atoms with van der Waals surface area (Å²) < 4.78 is 23.5. The Morgan fingerprint density at radius 2 is 1.92 bits per heavy atom. The Hall–Kier alpha value is -3.00. The summed E-state index contributed by atoms with van der Waals surface area (Å²) in [5, 5.41) is 11.6. The normalized spacial score (nSPS) is 19.1. The van der Waals surface area contributed by atoms with Crippen molar-refractivity contribution in [3.05, 3.63) is 54.0 Å². The number of carbonyl (C=O) groups excluding carboxylic acids is 1. The van der Waals surface area contributed by atoms with Gasteiger partial charge in [-0.25, -0.2) is 14.2 Å². The van der Waals surface area contributed by atoms with Crippen LogP contribution in [0.2, 0.25) is 0 Å². The number of halogens is 1. The van der Waals surface area contributed by atoms with Crippen LogP contribution in [0.3, 0.4) is 0 Å². The minimum atomic E-state index is -1.05. The number of carbonyl (C=O) groups is 2. The topological polar surface area (TPSA) is 97.8 Å². The molecular formula is C18H17FN2O5. The second-order valence-electron chi connectivity index (χ2n) is 5.81. The summed E-state index contributed by atoms with van der Waals surface area (Å²) in [6.45, 7) is 0.236. The number of carboxylic acids is 1. The number of nitrogens with zero attached hydrogens (tertiary/aromatic N) is 1. The van der Waals surface area contributed by atoms with Crippen LogP contribution in [-0.2, 0) is 20.9 Å². The van der Waals surface area contributed by atoms with Crippen LogP contribution in [0.15, 0.2) is 42.6 Å². The zero-order chi connectivity index (χ0) is 18.5. The lowest BCUT2D eigenvalue weighted by Crippen LogP contribution is -2.35. The summed E-state index contributed by atoms with van der Waals surface area (Å²) >= 11 is 0. The van der Waals surface area contributed by atoms with Gasteiger partial charge in [-0.1, -0.05) is 6.07 Å². The van der Waals surface area contributed by atoms with Gasteiger partial charge in [-0.3, -0.25) is 4.79 Å². The Kier molecular flexibility index (Phi) is 5.43. The lowest BCUT2D eigenvalue weighted by molar-refractivity contribution is -0.151. The van der Waals surface area contributed by atoms with E-state index in [1.165, 1.54) is 24.3 Å². The van der Waals surface area contributed by atoms with Crippen LogP contribution in [-0.4, -0.2) is 34.2 Å². The molecule has 0 saturated carbocycles. The van der Waals surface area contributed by atoms with Crippen LogP contribution in [0.4, 0.5) is 4.39 Å². The molecule has 1 aliphatic rings. The smallest absolute Gasteiger partial charge is 0.332 e. The maximum absolute atomic E-state index is 12.9. The summed E-state index contributed by atoms with van der Waals surface area (Å²) in [4.78, 5) is 27.0. The third-order valence-electron chi connectivity index (χ3n) is 3.89. The van der Waals surface area contributed by atoms with E-state index in [-0.39, 0.29) is 18.3 Å². The number of amides is 1. The van der Waals surface area contributed by atoms with Gasteiger partial charge in [0.25, 0.3) is 0 Å². The maximum atomic E-state index is 12.9. The maximum Gasteiger partial charge on any atom is 0.332 e. The monoisotopic (exact) mass is 360 g/mol. The van der Waals surface area contributed by atoms with Crippen molar-refractivity contribution in [2.45, 2.75) is 31.6 Å². The fourth-order valence-electron chi connectivity index (χ4n) is 2.51. The Labute approximate surface area is 148 Å². The molecular weight excluding hydrogens is 343 g/mol. The average Bonchev–Trinajstić information content (AvgIpc) is 3.13. The van der Waals surface area contributed by atoms with E-state index in [9.17, 15) is 14.0 Å². The van der Waals surface area contributed by atoms with Gasteiger partial charge in [0.15, 0.2) is 6.10 Å². The first-order valence-electron chi connectivity index (χ1n) is 8.05. The first kappa shape index (κ1) is 17.8. The molecule has 8 heteroatoms. The molecule has 3 rings (SSSR count). The molecule has 1 saturated heterocycles. The van der Waals surface area contributed by atoms with Crippen LogP contribution in [0.25, 0.3) is 0 Å². The van der Waals surface area contributed by atoms with Crippen molar-refractivity contribution >= 4 is 11.9 Å². The fourth-order valence-corrected chi connectivity index (χ4v) is 2.51. The quantitative estimate of drug-likeness (QED) is 0.820. The molecule has 2 atom stereocenters. The lowest BCUT2D eigenvalue weighted by Gasteiger charge is -2.12. The number of pyridine rings is 1. The molecule has 2 N–H and O–H groups in total. The van der Waals surface area contributed by atoms with Crippen molar-refractivity contribution in [3.63, 3.8) is 0 Å². The van der Waals surface area contributed by atoms with E-state index < -0.39 is 18.2 Å². The standard InChI is InChI=1S/C18H17FN2O5/c19-12-2-4-13(5-3-12)25-16-8-1-11(9-20-16)10-21-17(22)14-6-7-15(26-14)18(23)24/h1-5,8-9,14-15H,6-7,10H2,(H,21,22)(H,23,24)/t14-,15+/m0/s1. The molecule has 26 heavy (non-hydrogen) atoms. The second kappa shape index (κ2) is 7.92. The number of benzene rings is 1. The molecule has 2 heterocycles. The van der Waals surface area contributed by atoms with Crippen molar-refractivity contribution in [3.8, 4) is 11.6 Å². The molecule has 0 unspecified atom stereocenters. The van der Waals surface area contributed by atoms with Gasteiger partial charge in [0.05, 0.1) is 0 Å². The molecule has 1 aromatic carbocycles. The SMILES string of the molecule is O=C(NCc1ccc(Oc2ccc(F)cc2)nc1)[C@@H]1CC[C@H](C(=O)O)O1. The Morgan fingerprint density at radius 3 is 2.54 bits per heavy atom. The molecule has 1 aromatic heterocycles. The van der Waals surface area contributed by atoms with Gasteiger partial charge in [0.2, 0.25) is 11.8 Å². The Morgan fingerprint density at radius 1 is 1.19 bits per heavy atom. The highest BCUT2D eigenvalue weighted by molar-refractivity contribution is 5.82. The van der Waals surface area contributed by atoms with Gasteiger partial charge in [-0.2, -0.15) is 0 Å². The van der Waals surface area contributed by atoms with Crippen LogP contribution in [0.5, 0.6) is 11.6 Å². The van der Waals surface area contributed by atoms with Crippen molar-refractivity contribution in [2.24, 2.45) is 0 Å². The second-order valence-corrected chi connectivity index (χ2v) is 5.81. The van der Waals surface area contributed by atoms with E-state index >= 15 is 0 Å². The van der Waals surface area contributed by atoms with Gasteiger partial charge in [0, 0.05) is 18.8 Å². The van der Waals surface area contributed by atoms with Gasteiger partial charge >= 0.3 is 5.97 Å². The third kappa shape index (κ3) is 4.54. The minimum absolute atomic E-state index is 0.236. The van der Waals surface area contributed by atoms with E-state index in [1.54, 1.807) is 18.3 Å². The number of carboxylic acid groups (broad SMARTS) is 1. The highest BCUT2D eigenvalue weighted by Gasteiger charge is 2.34. The van der Waals surface area contributed by atoms with Gasteiger partial charge in [-0.05, 0) is 42.7 Å². The van der Waals surface area contributed by atoms with Crippen molar-refractivity contribution in [2.75, 3.05) is 0 Å². The number of ether oxygens (including phenoxy) is 2. The molecule has 0 radical (unpaired) electrons. The number of aromatic nitrogens is 1. The van der Waals surface area contributed by atoms with E-state index in [2.05, 4.69) is 10.3 Å². The van der Waals surface area contributed by atoms with Crippen LogP contribution < -0.4 is 10.1 Å². The van der Waals surface area contributed by atoms with E-state index in [1.807, 2.05) is 0 Å². The van der Waals surface area contributed by atoms with Gasteiger partial charge in [0.1, 0.15) is 17.7 Å². The van der Waals surface area contributed by atoms with E-state index in [0.717, 1.165) is 5.56 Å². The van der Waals surface area contributed by atoms with Crippen LogP contribution in [0, 0.1) is 5.82 Å². The summed E-state index contributed by atoms with van der Waals surface area (Å²) in [7, 11) is 0. The number of hydrogen-bond acceptors (Lipinski definition) is 5. The molecule has 1 amide bonds. The predicted molar refractivity (Wildman–Crippen MR) is 88.1 cm³/mol. The van der Waals surface area contributed by atoms with Gasteiger partial charge < -0.3 is 19.9 Å². The van der Waals surface area contributed by atoms with Crippen LogP contribution in [0.1, 0.15) is 18.4 Å². The number of hydrogen-bond donors (Lipinski definition) is 2. The molecule has 0 bridgehead atoms. The predicted octanol–water partition coefficient (Wildman–Crippen LogP) is 2.26. The molecule has 1 aliphatic heterocycles. The number of aliphatic carboxylic acids is 1. The molecule has 2 aromatic rings. The molecule has 0 spiro atoms. The van der Waals surface area contributed by atoms with Crippen molar-refractivity contribution in [1.82, 2.24) is 10.3 Å². The highest BCUT2D eigenvalue weighted by Crippen LogP contribution is 2.21. The third-order valence-corrected chi connectivity index (χ3v) is 3.89. The molecule has 0 aliphatic carbocycles. The lowest BCUT2D eigenvalue weighted by atomic mass is 10.2. The highest BCUT2D eigenvalue weighted by atomic mass is 19.1. The largest absolute Gasteiger partial charge is 0.479 e. The molecule has 7 nitrogen and oxygen atoms in total. The average molecular weight is 360 g/mol. The van der Waals surface area contributed by atoms with Gasteiger partial charge in [-0.15, -0.1) is 0 Å². The summed E-state index contributed by atoms with van der Waals surface area (Å²) in [6.07, 6.45) is 0.588. The molecule has 1 fully saturated rings. The Balaban J connectivity index is 1.49. The minimum Gasteiger partial charge on any atom is -0.479 e. The van der Waals surface area contributed by atoms with Crippen molar-refractivity contribution in [1.29, 1.82) is 0 Å². The van der Waals surface area contributed by atoms with E-state index in [4.69, 9.17) is 14.6 Å².